The van der Waals surface area contributed by atoms with Crippen molar-refractivity contribution < 1.29 is 17.9 Å². The molecule has 0 spiro atoms. The van der Waals surface area contributed by atoms with Crippen molar-refractivity contribution in [3.8, 4) is 17.0 Å². The van der Waals surface area contributed by atoms with Crippen molar-refractivity contribution >= 4 is 11.6 Å². The fourth-order valence-corrected chi connectivity index (χ4v) is 1.84. The number of nitrogens with zero attached hydrogens (tertiary/aromatic N) is 1. The monoisotopic (exact) mass is 287 g/mol. The summed E-state index contributed by atoms with van der Waals surface area (Å²) in [6.45, 7) is 0. The lowest BCUT2D eigenvalue weighted by Gasteiger charge is -2.10. The lowest BCUT2D eigenvalue weighted by molar-refractivity contribution is -0.274. The minimum Gasteiger partial charge on any atom is -0.406 e. The van der Waals surface area contributed by atoms with Crippen LogP contribution < -0.4 is 4.74 Å². The van der Waals surface area contributed by atoms with Crippen LogP contribution in [0.3, 0.4) is 0 Å². The normalized spacial score (nSPS) is 11.4. The second-order valence-corrected chi connectivity index (χ2v) is 3.98. The number of rotatable bonds is 3. The van der Waals surface area contributed by atoms with E-state index in [2.05, 4.69) is 9.72 Å². The van der Waals surface area contributed by atoms with Gasteiger partial charge in [-0.2, -0.15) is 0 Å². The summed E-state index contributed by atoms with van der Waals surface area (Å²) in [7, 11) is 0. The van der Waals surface area contributed by atoms with E-state index in [1.807, 2.05) is 6.07 Å². The topological polar surface area (TPSA) is 22.1 Å². The highest BCUT2D eigenvalue weighted by atomic mass is 35.5. The molecule has 0 aliphatic carbocycles. The van der Waals surface area contributed by atoms with Gasteiger partial charge >= 0.3 is 6.36 Å². The molecule has 1 heterocycles. The number of aromatic nitrogens is 1. The maximum Gasteiger partial charge on any atom is 0.573 e. The van der Waals surface area contributed by atoms with E-state index < -0.39 is 6.36 Å². The second-order valence-electron chi connectivity index (χ2n) is 3.72. The zero-order valence-electron chi connectivity index (χ0n) is 9.62. The Kier molecular flexibility index (Phi) is 3.95. The predicted molar refractivity (Wildman–Crippen MR) is 65.9 cm³/mol. The highest BCUT2D eigenvalue weighted by Crippen LogP contribution is 2.27. The van der Waals surface area contributed by atoms with E-state index in [0.29, 0.717) is 11.3 Å². The number of halogens is 4. The number of benzene rings is 1. The molecule has 1 aromatic heterocycles. The fraction of sp³-hybridized carbons (Fsp3) is 0.154. The molecule has 0 radical (unpaired) electrons. The number of hydrogen-bond donors (Lipinski definition) is 0. The van der Waals surface area contributed by atoms with Crippen molar-refractivity contribution in [2.45, 2.75) is 12.2 Å². The highest BCUT2D eigenvalue weighted by Gasteiger charge is 2.30. The van der Waals surface area contributed by atoms with Crippen molar-refractivity contribution in [3.63, 3.8) is 0 Å². The average molecular weight is 288 g/mol. The zero-order valence-corrected chi connectivity index (χ0v) is 10.4. The van der Waals surface area contributed by atoms with E-state index in [1.54, 1.807) is 12.3 Å². The Bertz CT molecular complexity index is 555. The van der Waals surface area contributed by atoms with Crippen LogP contribution in [0.25, 0.3) is 11.3 Å². The third-order valence-electron chi connectivity index (χ3n) is 2.40. The van der Waals surface area contributed by atoms with Crippen molar-refractivity contribution in [1.82, 2.24) is 4.98 Å². The van der Waals surface area contributed by atoms with Crippen LogP contribution in [0, 0.1) is 0 Å². The van der Waals surface area contributed by atoms with Gasteiger partial charge in [0, 0.05) is 17.6 Å². The lowest BCUT2D eigenvalue weighted by Crippen LogP contribution is -2.16. The van der Waals surface area contributed by atoms with Gasteiger partial charge in [-0.25, -0.2) is 0 Å². The maximum absolute atomic E-state index is 12.0. The van der Waals surface area contributed by atoms with E-state index in [-0.39, 0.29) is 11.6 Å². The molecule has 0 aliphatic heterocycles. The standard InChI is InChI=1S/C13H9ClF3NO/c14-8-10-2-1-7-18-12(10)9-3-5-11(6-4-9)19-13(15,16)17/h1-7H,8H2. The Hall–Kier alpha value is -1.75. The van der Waals surface area contributed by atoms with Gasteiger partial charge < -0.3 is 4.74 Å². The largest absolute Gasteiger partial charge is 0.573 e. The molecule has 0 amide bonds. The molecule has 1 aromatic carbocycles. The quantitative estimate of drug-likeness (QED) is 0.781. The molecule has 2 nitrogen and oxygen atoms in total. The summed E-state index contributed by atoms with van der Waals surface area (Å²) in [4.78, 5) is 4.18. The summed E-state index contributed by atoms with van der Waals surface area (Å²) < 4.78 is 39.9. The van der Waals surface area contributed by atoms with Crippen LogP contribution in [-0.4, -0.2) is 11.3 Å². The van der Waals surface area contributed by atoms with Crippen LogP contribution >= 0.6 is 11.6 Å². The van der Waals surface area contributed by atoms with E-state index >= 15 is 0 Å². The van der Waals surface area contributed by atoms with Gasteiger partial charge in [0.15, 0.2) is 0 Å². The van der Waals surface area contributed by atoms with Gasteiger partial charge in [-0.15, -0.1) is 24.8 Å². The first kappa shape index (κ1) is 13.7. The molecule has 19 heavy (non-hydrogen) atoms. The van der Waals surface area contributed by atoms with Gasteiger partial charge in [-0.05, 0) is 35.9 Å². The molecular weight excluding hydrogens is 279 g/mol. The van der Waals surface area contributed by atoms with Crippen LogP contribution in [0.2, 0.25) is 0 Å². The van der Waals surface area contributed by atoms with Crippen LogP contribution in [0.15, 0.2) is 42.6 Å². The van der Waals surface area contributed by atoms with Gasteiger partial charge in [0.25, 0.3) is 0 Å². The van der Waals surface area contributed by atoms with E-state index in [4.69, 9.17) is 11.6 Å². The Balaban J connectivity index is 2.27. The Morgan fingerprint density at radius 2 is 1.79 bits per heavy atom. The highest BCUT2D eigenvalue weighted by molar-refractivity contribution is 6.17. The molecule has 0 bridgehead atoms. The third-order valence-corrected chi connectivity index (χ3v) is 2.68. The number of pyridine rings is 1. The van der Waals surface area contributed by atoms with Gasteiger partial charge in [-0.3, -0.25) is 4.98 Å². The number of ether oxygens (including phenoxy) is 1. The summed E-state index contributed by atoms with van der Waals surface area (Å²) in [6, 6.07) is 9.09. The summed E-state index contributed by atoms with van der Waals surface area (Å²) in [6.07, 6.45) is -3.08. The molecule has 2 rings (SSSR count). The molecule has 0 atom stereocenters. The van der Waals surface area contributed by atoms with E-state index in [0.717, 1.165) is 5.56 Å². The van der Waals surface area contributed by atoms with Crippen LogP contribution in [0.1, 0.15) is 5.56 Å². The summed E-state index contributed by atoms with van der Waals surface area (Å²) in [5, 5.41) is 0. The van der Waals surface area contributed by atoms with Crippen LogP contribution in [0.5, 0.6) is 5.75 Å². The molecule has 0 saturated carbocycles. The van der Waals surface area contributed by atoms with Crippen LogP contribution in [-0.2, 0) is 5.88 Å². The molecule has 0 saturated heterocycles. The molecular formula is C13H9ClF3NO. The third kappa shape index (κ3) is 3.61. The Morgan fingerprint density at radius 1 is 1.11 bits per heavy atom. The molecule has 0 fully saturated rings. The van der Waals surface area contributed by atoms with Gasteiger partial charge in [0.2, 0.25) is 0 Å². The molecule has 100 valence electrons. The van der Waals surface area contributed by atoms with Gasteiger partial charge in [0.1, 0.15) is 5.75 Å². The summed E-state index contributed by atoms with van der Waals surface area (Å²) >= 11 is 5.79. The number of alkyl halides is 4. The maximum atomic E-state index is 12.0. The Morgan fingerprint density at radius 3 is 2.37 bits per heavy atom. The first-order valence-corrected chi connectivity index (χ1v) is 5.89. The van der Waals surface area contributed by atoms with Crippen molar-refractivity contribution in [3.05, 3.63) is 48.2 Å². The minimum atomic E-state index is -4.69. The zero-order chi connectivity index (χ0) is 13.9. The van der Waals surface area contributed by atoms with Crippen LogP contribution in [0.4, 0.5) is 13.2 Å². The molecule has 6 heteroatoms. The van der Waals surface area contributed by atoms with Crippen molar-refractivity contribution in [2.75, 3.05) is 0 Å². The molecule has 2 aromatic rings. The molecule has 0 N–H and O–H groups in total. The Labute approximate surface area is 112 Å². The van der Waals surface area contributed by atoms with Crippen molar-refractivity contribution in [2.24, 2.45) is 0 Å². The minimum absolute atomic E-state index is 0.264. The smallest absolute Gasteiger partial charge is 0.406 e. The second kappa shape index (κ2) is 5.48. The van der Waals surface area contributed by atoms with Gasteiger partial charge in [0.05, 0.1) is 5.69 Å². The molecule has 0 aliphatic rings. The van der Waals surface area contributed by atoms with E-state index in [1.165, 1.54) is 24.3 Å². The summed E-state index contributed by atoms with van der Waals surface area (Å²) in [5.74, 6) is 0.0175. The lowest BCUT2D eigenvalue weighted by atomic mass is 10.1. The molecule has 0 unspecified atom stereocenters. The van der Waals surface area contributed by atoms with Gasteiger partial charge in [-0.1, -0.05) is 6.07 Å². The predicted octanol–water partition coefficient (Wildman–Crippen LogP) is 4.39. The fourth-order valence-electron chi connectivity index (χ4n) is 1.62. The average Bonchev–Trinajstić information content (AvgIpc) is 2.38. The first-order chi connectivity index (χ1) is 8.99. The first-order valence-electron chi connectivity index (χ1n) is 5.35. The summed E-state index contributed by atoms with van der Waals surface area (Å²) in [5.41, 5.74) is 2.15. The van der Waals surface area contributed by atoms with E-state index in [9.17, 15) is 13.2 Å². The van der Waals surface area contributed by atoms with Crippen molar-refractivity contribution in [1.29, 1.82) is 0 Å². The SMILES string of the molecule is FC(F)(F)Oc1ccc(-c2ncccc2CCl)cc1. The number of hydrogen-bond acceptors (Lipinski definition) is 2.